The van der Waals surface area contributed by atoms with Crippen LogP contribution in [0, 0.1) is 0 Å². The zero-order valence-corrected chi connectivity index (χ0v) is 14.6. The van der Waals surface area contributed by atoms with Gasteiger partial charge in [0.15, 0.2) is 12.2 Å². The number of ether oxygens (including phenoxy) is 1. The highest BCUT2D eigenvalue weighted by Crippen LogP contribution is 2.32. The second-order valence-electron chi connectivity index (χ2n) is 6.95. The zero-order valence-electron chi connectivity index (χ0n) is 14.6. The third-order valence-electron chi connectivity index (χ3n) is 5.46. The Morgan fingerprint density at radius 3 is 2.77 bits per heavy atom. The molecule has 26 heavy (non-hydrogen) atoms. The molecule has 2 aliphatic heterocycles. The number of nitrogens with zero attached hydrogens (tertiary/aromatic N) is 4. The number of amides is 1. The van der Waals surface area contributed by atoms with E-state index in [-0.39, 0.29) is 18.0 Å². The van der Waals surface area contributed by atoms with Crippen LogP contribution in [0.2, 0.25) is 0 Å². The fourth-order valence-electron chi connectivity index (χ4n) is 4.12. The molecule has 2 atom stereocenters. The Bertz CT molecular complexity index is 947. The molecule has 7 heteroatoms. The van der Waals surface area contributed by atoms with E-state index in [0.717, 1.165) is 30.4 Å². The van der Waals surface area contributed by atoms with Crippen molar-refractivity contribution in [2.75, 3.05) is 13.2 Å². The first kappa shape index (κ1) is 15.6. The number of hydrogen-bond acceptors (Lipinski definition) is 5. The highest BCUT2D eigenvalue weighted by atomic mass is 16.5. The predicted octanol–water partition coefficient (Wildman–Crippen LogP) is 2.56. The van der Waals surface area contributed by atoms with Crippen molar-refractivity contribution in [3.8, 4) is 11.3 Å². The zero-order chi connectivity index (χ0) is 17.7. The summed E-state index contributed by atoms with van der Waals surface area (Å²) in [7, 11) is 0. The molecular weight excluding hydrogens is 332 g/mol. The quantitative estimate of drug-likeness (QED) is 0.724. The fourth-order valence-corrected chi connectivity index (χ4v) is 4.12. The summed E-state index contributed by atoms with van der Waals surface area (Å²) >= 11 is 0. The van der Waals surface area contributed by atoms with Crippen LogP contribution in [0.5, 0.6) is 0 Å². The second-order valence-corrected chi connectivity index (χ2v) is 6.95. The molecule has 5 rings (SSSR count). The molecule has 3 aromatic heterocycles. The summed E-state index contributed by atoms with van der Waals surface area (Å²) in [6, 6.07) is 2.40. The van der Waals surface area contributed by atoms with Crippen LogP contribution < -0.4 is 0 Å². The monoisotopic (exact) mass is 352 g/mol. The third-order valence-corrected chi connectivity index (χ3v) is 5.46. The van der Waals surface area contributed by atoms with E-state index >= 15 is 0 Å². The Balaban J connectivity index is 1.63. The summed E-state index contributed by atoms with van der Waals surface area (Å²) in [5.41, 5.74) is 3.27. The van der Waals surface area contributed by atoms with E-state index in [9.17, 15) is 4.79 Å². The molecule has 0 spiro atoms. The highest BCUT2D eigenvalue weighted by molar-refractivity contribution is 5.95. The molecule has 0 saturated carbocycles. The number of hydrogen-bond donors (Lipinski definition) is 0. The molecule has 2 saturated heterocycles. The van der Waals surface area contributed by atoms with Crippen LogP contribution in [0.4, 0.5) is 0 Å². The van der Waals surface area contributed by atoms with Gasteiger partial charge < -0.3 is 14.1 Å². The minimum atomic E-state index is 0.0325. The number of aromatic nitrogens is 3. The minimum absolute atomic E-state index is 0.0325. The maximum Gasteiger partial charge on any atom is 0.273 e. The van der Waals surface area contributed by atoms with Crippen LogP contribution in [0.25, 0.3) is 17.0 Å². The average molecular weight is 352 g/mol. The summed E-state index contributed by atoms with van der Waals surface area (Å²) in [6.07, 6.45) is 9.63. The van der Waals surface area contributed by atoms with Crippen LogP contribution in [0.15, 0.2) is 35.5 Å². The number of pyridine rings is 1. The molecule has 0 aromatic carbocycles. The van der Waals surface area contributed by atoms with Gasteiger partial charge in [-0.25, -0.2) is 9.97 Å². The molecule has 3 aromatic rings. The van der Waals surface area contributed by atoms with Crippen molar-refractivity contribution in [1.29, 1.82) is 0 Å². The van der Waals surface area contributed by atoms with Crippen LogP contribution >= 0.6 is 0 Å². The molecule has 2 unspecified atom stereocenters. The molecule has 2 aliphatic rings. The molecule has 7 nitrogen and oxygen atoms in total. The predicted molar refractivity (Wildman–Crippen MR) is 93.9 cm³/mol. The largest absolute Gasteiger partial charge is 0.443 e. The number of fused-ring (bicyclic) bond motifs is 3. The smallest absolute Gasteiger partial charge is 0.273 e. The second kappa shape index (κ2) is 5.95. The van der Waals surface area contributed by atoms with Gasteiger partial charge in [-0.15, -0.1) is 0 Å². The number of rotatable bonds is 3. The molecule has 5 heterocycles. The number of imidazole rings is 1. The lowest BCUT2D eigenvalue weighted by Crippen LogP contribution is -2.49. The standard InChI is InChI=1S/C19H20N4O3/c1-2-12-5-15(17-7-20-11-26-17)18-21-6-16(22(18)8-12)19(24)23-13-3-4-14(23)10-25-9-13/h5-8,11,13-14H,2-4,9-10H2,1H3. The van der Waals surface area contributed by atoms with Gasteiger partial charge in [0.25, 0.3) is 5.91 Å². The van der Waals surface area contributed by atoms with Crippen LogP contribution in [0.1, 0.15) is 35.8 Å². The minimum Gasteiger partial charge on any atom is -0.443 e. The van der Waals surface area contributed by atoms with E-state index in [0.29, 0.717) is 30.3 Å². The van der Waals surface area contributed by atoms with Crippen molar-refractivity contribution >= 4 is 11.6 Å². The third kappa shape index (κ3) is 2.27. The molecule has 1 amide bonds. The topological polar surface area (TPSA) is 72.9 Å². The summed E-state index contributed by atoms with van der Waals surface area (Å²) in [4.78, 5) is 23.9. The number of morpholine rings is 1. The number of carbonyl (C=O) groups excluding carboxylic acids is 1. The lowest BCUT2D eigenvalue weighted by Gasteiger charge is -2.34. The Kier molecular flexibility index (Phi) is 3.56. The first-order valence-electron chi connectivity index (χ1n) is 9.05. The van der Waals surface area contributed by atoms with Gasteiger partial charge in [-0.3, -0.25) is 9.20 Å². The lowest BCUT2D eigenvalue weighted by molar-refractivity contribution is -0.00751. The number of carbonyl (C=O) groups is 1. The van der Waals surface area contributed by atoms with Gasteiger partial charge in [0.05, 0.1) is 43.3 Å². The summed E-state index contributed by atoms with van der Waals surface area (Å²) in [6.45, 7) is 3.34. The first-order chi connectivity index (χ1) is 12.8. The molecular formula is C19H20N4O3. The van der Waals surface area contributed by atoms with Gasteiger partial charge in [0, 0.05) is 6.20 Å². The van der Waals surface area contributed by atoms with Crippen LogP contribution in [-0.4, -0.2) is 50.5 Å². The van der Waals surface area contributed by atoms with Crippen molar-refractivity contribution in [3.05, 3.63) is 42.3 Å². The van der Waals surface area contributed by atoms with Crippen LogP contribution in [0.3, 0.4) is 0 Å². The van der Waals surface area contributed by atoms with E-state index in [2.05, 4.69) is 23.0 Å². The van der Waals surface area contributed by atoms with Gasteiger partial charge in [0.2, 0.25) is 0 Å². The summed E-state index contributed by atoms with van der Waals surface area (Å²) in [5, 5.41) is 0. The Morgan fingerprint density at radius 2 is 2.08 bits per heavy atom. The van der Waals surface area contributed by atoms with Crippen molar-refractivity contribution in [1.82, 2.24) is 19.3 Å². The molecule has 0 N–H and O–H groups in total. The Labute approximate surface area is 150 Å². The van der Waals surface area contributed by atoms with E-state index < -0.39 is 0 Å². The molecule has 2 bridgehead atoms. The molecule has 134 valence electrons. The van der Waals surface area contributed by atoms with Crippen molar-refractivity contribution in [3.63, 3.8) is 0 Å². The molecule has 2 fully saturated rings. The lowest BCUT2D eigenvalue weighted by atomic mass is 10.1. The maximum absolute atomic E-state index is 13.3. The van der Waals surface area contributed by atoms with Gasteiger partial charge in [-0.1, -0.05) is 6.92 Å². The van der Waals surface area contributed by atoms with Crippen LogP contribution in [-0.2, 0) is 11.2 Å². The highest BCUT2D eigenvalue weighted by Gasteiger charge is 2.41. The van der Waals surface area contributed by atoms with Gasteiger partial charge in [-0.05, 0) is 30.9 Å². The van der Waals surface area contributed by atoms with Crippen molar-refractivity contribution in [2.24, 2.45) is 0 Å². The molecule has 0 aliphatic carbocycles. The normalized spacial score (nSPS) is 22.3. The summed E-state index contributed by atoms with van der Waals surface area (Å²) < 4.78 is 13.0. The Morgan fingerprint density at radius 1 is 1.27 bits per heavy atom. The van der Waals surface area contributed by atoms with E-state index in [1.54, 1.807) is 12.4 Å². The van der Waals surface area contributed by atoms with E-state index in [4.69, 9.17) is 9.15 Å². The van der Waals surface area contributed by atoms with E-state index in [1.165, 1.54) is 6.39 Å². The SMILES string of the molecule is CCc1cc(-c2cnco2)c2ncc(C(=O)N3C4CCC3COC4)n2c1. The van der Waals surface area contributed by atoms with E-state index in [1.807, 2.05) is 15.5 Å². The van der Waals surface area contributed by atoms with Crippen molar-refractivity contribution < 1.29 is 13.9 Å². The number of oxazole rings is 1. The summed E-state index contributed by atoms with van der Waals surface area (Å²) in [5.74, 6) is 0.686. The number of aryl methyl sites for hydroxylation is 1. The van der Waals surface area contributed by atoms with Gasteiger partial charge in [0.1, 0.15) is 11.3 Å². The first-order valence-corrected chi connectivity index (χ1v) is 9.05. The van der Waals surface area contributed by atoms with Gasteiger partial charge in [-0.2, -0.15) is 0 Å². The molecule has 0 radical (unpaired) electrons. The Hall–Kier alpha value is -2.67. The average Bonchev–Trinajstić information content (AvgIpc) is 3.38. The maximum atomic E-state index is 13.3. The fraction of sp³-hybridized carbons (Fsp3) is 0.421. The van der Waals surface area contributed by atoms with Crippen molar-refractivity contribution in [2.45, 2.75) is 38.3 Å². The van der Waals surface area contributed by atoms with Gasteiger partial charge >= 0.3 is 0 Å².